The molecule has 0 aliphatic heterocycles. The molecule has 94 valence electrons. The molecule has 1 aliphatic rings. The number of rotatable bonds is 6. The molecule has 2 unspecified atom stereocenters. The van der Waals surface area contributed by atoms with Gasteiger partial charge in [-0.25, -0.2) is 0 Å². The number of hydrogen-bond acceptors (Lipinski definition) is 3. The summed E-state index contributed by atoms with van der Waals surface area (Å²) in [4.78, 5) is 1.39. The quantitative estimate of drug-likeness (QED) is 0.786. The first-order chi connectivity index (χ1) is 8.40. The standard InChI is InChI=1S/C14H21NOS/c1-16-11-10-15-13-8-5-9-14(13)17-12-6-3-2-4-7-12/h2-4,6-7,13-15H,5,8-11H2,1H3. The smallest absolute Gasteiger partial charge is 0.0587 e. The van der Waals surface area contributed by atoms with Crippen LogP contribution in [0.1, 0.15) is 19.3 Å². The van der Waals surface area contributed by atoms with Crippen molar-refractivity contribution >= 4 is 11.8 Å². The summed E-state index contributed by atoms with van der Waals surface area (Å²) in [7, 11) is 1.76. The maximum absolute atomic E-state index is 5.09. The lowest BCUT2D eigenvalue weighted by molar-refractivity contribution is 0.196. The van der Waals surface area contributed by atoms with Crippen LogP contribution >= 0.6 is 11.8 Å². The highest BCUT2D eigenvalue weighted by atomic mass is 32.2. The molecule has 1 aromatic carbocycles. The van der Waals surface area contributed by atoms with Gasteiger partial charge in [0.1, 0.15) is 0 Å². The fourth-order valence-corrected chi connectivity index (χ4v) is 3.67. The van der Waals surface area contributed by atoms with Gasteiger partial charge in [-0.3, -0.25) is 0 Å². The molecule has 1 aliphatic carbocycles. The summed E-state index contributed by atoms with van der Waals surface area (Å²) < 4.78 is 5.09. The van der Waals surface area contributed by atoms with Crippen molar-refractivity contribution in [3.63, 3.8) is 0 Å². The number of hydrogen-bond donors (Lipinski definition) is 1. The van der Waals surface area contributed by atoms with E-state index in [1.54, 1.807) is 7.11 Å². The molecule has 0 heterocycles. The van der Waals surface area contributed by atoms with Crippen LogP contribution in [-0.2, 0) is 4.74 Å². The minimum absolute atomic E-state index is 0.648. The average molecular weight is 251 g/mol. The van der Waals surface area contributed by atoms with Crippen LogP contribution in [0, 0.1) is 0 Å². The van der Waals surface area contributed by atoms with E-state index in [2.05, 4.69) is 35.6 Å². The van der Waals surface area contributed by atoms with E-state index in [-0.39, 0.29) is 0 Å². The van der Waals surface area contributed by atoms with Gasteiger partial charge in [0.2, 0.25) is 0 Å². The summed E-state index contributed by atoms with van der Waals surface area (Å²) >= 11 is 2.01. The number of nitrogens with one attached hydrogen (secondary N) is 1. The predicted molar refractivity (Wildman–Crippen MR) is 73.6 cm³/mol. The Morgan fingerprint density at radius 3 is 2.88 bits per heavy atom. The van der Waals surface area contributed by atoms with Gasteiger partial charge < -0.3 is 10.1 Å². The zero-order chi connectivity index (χ0) is 11.9. The van der Waals surface area contributed by atoms with E-state index in [9.17, 15) is 0 Å². The van der Waals surface area contributed by atoms with Gasteiger partial charge in [0, 0.05) is 29.8 Å². The highest BCUT2D eigenvalue weighted by Gasteiger charge is 2.27. The van der Waals surface area contributed by atoms with Crippen LogP contribution in [0.25, 0.3) is 0 Å². The van der Waals surface area contributed by atoms with E-state index in [1.165, 1.54) is 24.2 Å². The van der Waals surface area contributed by atoms with Crippen molar-refractivity contribution in [3.05, 3.63) is 30.3 Å². The van der Waals surface area contributed by atoms with E-state index >= 15 is 0 Å². The Labute approximate surface area is 108 Å². The van der Waals surface area contributed by atoms with Gasteiger partial charge in [0.05, 0.1) is 6.61 Å². The van der Waals surface area contributed by atoms with Crippen LogP contribution in [0.3, 0.4) is 0 Å². The van der Waals surface area contributed by atoms with Crippen molar-refractivity contribution in [1.29, 1.82) is 0 Å². The van der Waals surface area contributed by atoms with E-state index in [0.717, 1.165) is 13.2 Å². The van der Waals surface area contributed by atoms with Crippen molar-refractivity contribution < 1.29 is 4.74 Å². The van der Waals surface area contributed by atoms with Gasteiger partial charge >= 0.3 is 0 Å². The Kier molecular flexibility index (Phi) is 5.36. The molecule has 1 saturated carbocycles. The third kappa shape index (κ3) is 4.02. The molecule has 3 heteroatoms. The molecule has 0 amide bonds. The normalized spacial score (nSPS) is 24.1. The van der Waals surface area contributed by atoms with Crippen molar-refractivity contribution in [2.45, 2.75) is 35.4 Å². The van der Waals surface area contributed by atoms with Crippen molar-refractivity contribution in [2.75, 3.05) is 20.3 Å². The number of thioether (sulfide) groups is 1. The summed E-state index contributed by atoms with van der Waals surface area (Å²) in [5.74, 6) is 0. The summed E-state index contributed by atoms with van der Waals surface area (Å²) in [6, 6.07) is 11.4. The number of methoxy groups -OCH3 is 1. The Bertz CT molecular complexity index is 317. The minimum Gasteiger partial charge on any atom is -0.383 e. The molecule has 2 atom stereocenters. The van der Waals surface area contributed by atoms with Crippen LogP contribution in [0.15, 0.2) is 35.2 Å². The zero-order valence-corrected chi connectivity index (χ0v) is 11.2. The fraction of sp³-hybridized carbons (Fsp3) is 0.571. The Hall–Kier alpha value is -0.510. The van der Waals surface area contributed by atoms with E-state index < -0.39 is 0 Å². The lowest BCUT2D eigenvalue weighted by Gasteiger charge is -2.20. The molecule has 1 N–H and O–H groups in total. The summed E-state index contributed by atoms with van der Waals surface area (Å²) in [6.45, 7) is 1.77. The Balaban J connectivity index is 1.82. The molecular weight excluding hydrogens is 230 g/mol. The lowest BCUT2D eigenvalue weighted by atomic mass is 10.2. The molecular formula is C14H21NOS. The highest BCUT2D eigenvalue weighted by molar-refractivity contribution is 8.00. The third-order valence-electron chi connectivity index (χ3n) is 3.20. The van der Waals surface area contributed by atoms with Crippen molar-refractivity contribution in [3.8, 4) is 0 Å². The Morgan fingerprint density at radius 2 is 2.12 bits per heavy atom. The predicted octanol–water partition coefficient (Wildman–Crippen LogP) is 2.94. The van der Waals surface area contributed by atoms with Crippen LogP contribution < -0.4 is 5.32 Å². The average Bonchev–Trinajstić information content (AvgIpc) is 2.79. The molecule has 2 nitrogen and oxygen atoms in total. The van der Waals surface area contributed by atoms with Gasteiger partial charge in [-0.2, -0.15) is 0 Å². The molecule has 1 aromatic rings. The molecule has 1 fully saturated rings. The topological polar surface area (TPSA) is 21.3 Å². The first-order valence-electron chi connectivity index (χ1n) is 6.34. The second-order valence-corrected chi connectivity index (χ2v) is 5.77. The van der Waals surface area contributed by atoms with Gasteiger partial charge in [-0.05, 0) is 25.0 Å². The van der Waals surface area contributed by atoms with E-state index in [1.807, 2.05) is 11.8 Å². The maximum atomic E-state index is 5.09. The van der Waals surface area contributed by atoms with Crippen LogP contribution in [-0.4, -0.2) is 31.6 Å². The second-order valence-electron chi connectivity index (χ2n) is 4.45. The SMILES string of the molecule is COCCNC1CCCC1Sc1ccccc1. The van der Waals surface area contributed by atoms with Crippen LogP contribution in [0.4, 0.5) is 0 Å². The summed E-state index contributed by atoms with van der Waals surface area (Å²) in [5, 5.41) is 4.32. The number of ether oxygens (including phenoxy) is 1. The minimum atomic E-state index is 0.648. The van der Waals surface area contributed by atoms with Gasteiger partial charge in [0.25, 0.3) is 0 Å². The second kappa shape index (κ2) is 7.04. The zero-order valence-electron chi connectivity index (χ0n) is 10.4. The third-order valence-corrected chi connectivity index (χ3v) is 4.61. The molecule has 0 saturated heterocycles. The molecule has 17 heavy (non-hydrogen) atoms. The Morgan fingerprint density at radius 1 is 1.29 bits per heavy atom. The van der Waals surface area contributed by atoms with Crippen molar-refractivity contribution in [2.24, 2.45) is 0 Å². The van der Waals surface area contributed by atoms with Gasteiger partial charge in [-0.1, -0.05) is 24.6 Å². The largest absolute Gasteiger partial charge is 0.383 e. The molecule has 0 aromatic heterocycles. The summed E-state index contributed by atoms with van der Waals surface area (Å²) in [6.07, 6.45) is 3.97. The lowest BCUT2D eigenvalue weighted by Crippen LogP contribution is -2.36. The molecule has 0 spiro atoms. The summed E-state index contributed by atoms with van der Waals surface area (Å²) in [5.41, 5.74) is 0. The highest BCUT2D eigenvalue weighted by Crippen LogP contribution is 2.34. The fourth-order valence-electron chi connectivity index (χ4n) is 2.32. The molecule has 2 rings (SSSR count). The van der Waals surface area contributed by atoms with Crippen LogP contribution in [0.2, 0.25) is 0 Å². The van der Waals surface area contributed by atoms with Crippen LogP contribution in [0.5, 0.6) is 0 Å². The molecule has 0 bridgehead atoms. The van der Waals surface area contributed by atoms with Gasteiger partial charge in [-0.15, -0.1) is 11.8 Å². The monoisotopic (exact) mass is 251 g/mol. The maximum Gasteiger partial charge on any atom is 0.0587 e. The van der Waals surface area contributed by atoms with Gasteiger partial charge in [0.15, 0.2) is 0 Å². The first-order valence-corrected chi connectivity index (χ1v) is 7.22. The van der Waals surface area contributed by atoms with Crippen molar-refractivity contribution in [1.82, 2.24) is 5.32 Å². The van der Waals surface area contributed by atoms with E-state index in [0.29, 0.717) is 11.3 Å². The molecule has 0 radical (unpaired) electrons. The first kappa shape index (κ1) is 12.9. The van der Waals surface area contributed by atoms with E-state index in [4.69, 9.17) is 4.74 Å². The number of benzene rings is 1.